The highest BCUT2D eigenvalue weighted by Gasteiger charge is 2.15. The molecule has 3 amide bonds. The fraction of sp³-hybridized carbons (Fsp3) is 0.357. The van der Waals surface area contributed by atoms with Crippen LogP contribution < -0.4 is 36.7 Å². The van der Waals surface area contributed by atoms with Crippen LogP contribution in [0.5, 0.6) is 11.5 Å². The first-order valence-corrected chi connectivity index (χ1v) is 12.9. The van der Waals surface area contributed by atoms with Crippen molar-refractivity contribution in [3.63, 3.8) is 0 Å². The van der Waals surface area contributed by atoms with Crippen LogP contribution >= 0.6 is 11.6 Å². The van der Waals surface area contributed by atoms with E-state index in [-0.39, 0.29) is 11.6 Å². The van der Waals surface area contributed by atoms with Gasteiger partial charge in [-0.2, -0.15) is 0 Å². The summed E-state index contributed by atoms with van der Waals surface area (Å²) in [6.45, 7) is 10.6. The number of amides is 3. The summed E-state index contributed by atoms with van der Waals surface area (Å²) in [6, 6.07) is 7.61. The molecule has 2 aromatic carbocycles. The molecule has 206 valence electrons. The van der Waals surface area contributed by atoms with E-state index in [1.54, 1.807) is 36.4 Å². The predicted octanol–water partition coefficient (Wildman–Crippen LogP) is 5.88. The minimum Gasteiger partial charge on any atom is -0.493 e. The number of carbonyl (C=O) groups excluding carboxylic acids is 2. The molecule has 6 N–H and O–H groups in total. The van der Waals surface area contributed by atoms with Crippen molar-refractivity contribution >= 4 is 41.0 Å². The van der Waals surface area contributed by atoms with Crippen molar-refractivity contribution in [2.45, 2.75) is 53.5 Å². The van der Waals surface area contributed by atoms with Crippen molar-refractivity contribution in [1.29, 1.82) is 0 Å². The Bertz CT molecular complexity index is 1190. The number of hydrogen-bond acceptors (Lipinski definition) is 6. The molecule has 2 rings (SSSR count). The molecule has 0 saturated heterocycles. The zero-order valence-corrected chi connectivity index (χ0v) is 23.6. The summed E-state index contributed by atoms with van der Waals surface area (Å²) in [4.78, 5) is 25.1. The lowest BCUT2D eigenvalue weighted by Crippen LogP contribution is -2.44. The maximum absolute atomic E-state index is 12.7. The monoisotopic (exact) mass is 543 g/mol. The molecular formula is C28H38ClN5O4. The molecule has 0 radical (unpaired) electrons. The van der Waals surface area contributed by atoms with Gasteiger partial charge in [0.2, 0.25) is 0 Å². The van der Waals surface area contributed by atoms with E-state index in [2.05, 4.69) is 49.2 Å². The first kappa shape index (κ1) is 30.4. The van der Waals surface area contributed by atoms with Crippen LogP contribution in [0.4, 0.5) is 16.2 Å². The summed E-state index contributed by atoms with van der Waals surface area (Å²) in [5.74, 6) is 0.345. The quantitative estimate of drug-likeness (QED) is 0.178. The molecule has 0 unspecified atom stereocenters. The van der Waals surface area contributed by atoms with Gasteiger partial charge in [-0.1, -0.05) is 43.2 Å². The number of methoxy groups -OCH3 is 1. The van der Waals surface area contributed by atoms with Gasteiger partial charge in [0.25, 0.3) is 5.91 Å². The highest BCUT2D eigenvalue weighted by atomic mass is 35.5. The number of carbonyl (C=O) groups is 2. The molecule has 9 nitrogen and oxygen atoms in total. The van der Waals surface area contributed by atoms with Crippen LogP contribution in [0.25, 0.3) is 6.08 Å². The number of ether oxygens (including phenoxy) is 2. The maximum Gasteiger partial charge on any atom is 0.337 e. The molecule has 0 aliphatic carbocycles. The van der Waals surface area contributed by atoms with Gasteiger partial charge in [-0.15, -0.1) is 0 Å². The summed E-state index contributed by atoms with van der Waals surface area (Å²) in [5, 5.41) is 6.32. The van der Waals surface area contributed by atoms with Gasteiger partial charge in [0, 0.05) is 28.6 Å². The normalized spacial score (nSPS) is 11.7. The van der Waals surface area contributed by atoms with Crippen LogP contribution in [0, 0.1) is 0 Å². The van der Waals surface area contributed by atoms with E-state index in [4.69, 9.17) is 26.8 Å². The molecule has 0 fully saturated rings. The lowest BCUT2D eigenvalue weighted by Gasteiger charge is -2.19. The van der Waals surface area contributed by atoms with Crippen LogP contribution in [-0.2, 0) is 0 Å². The number of rotatable bonds is 11. The van der Waals surface area contributed by atoms with Gasteiger partial charge in [-0.25, -0.2) is 10.2 Å². The second kappa shape index (κ2) is 14.8. The van der Waals surface area contributed by atoms with Crippen LogP contribution in [0.2, 0.25) is 5.02 Å². The number of halogens is 1. The largest absolute Gasteiger partial charge is 0.493 e. The summed E-state index contributed by atoms with van der Waals surface area (Å²) in [5.41, 5.74) is 14.6. The standard InChI is InChI=1S/C28H38ClN5O4/c1-7-9-10-20-21(30)12-13-22(26(20)29)32-28(36)34-33-27(35)19-11-14-24(25(15-19)37-6)38-16-23(18(5)8-2)31-17(3)4/h9-15,17,31H,7-8,16,30H2,1-6H3,(H,33,35)(H2,32,34,36)/b10-9+,23-18+. The molecule has 0 aromatic heterocycles. The van der Waals surface area contributed by atoms with E-state index in [1.165, 1.54) is 12.7 Å². The molecule has 10 heteroatoms. The maximum atomic E-state index is 12.7. The van der Waals surface area contributed by atoms with Crippen LogP contribution in [-0.4, -0.2) is 31.7 Å². The molecule has 0 aliphatic rings. The highest BCUT2D eigenvalue weighted by molar-refractivity contribution is 6.35. The summed E-state index contributed by atoms with van der Waals surface area (Å²) >= 11 is 6.40. The van der Waals surface area contributed by atoms with E-state index in [0.717, 1.165) is 18.5 Å². The summed E-state index contributed by atoms with van der Waals surface area (Å²) < 4.78 is 11.4. The van der Waals surface area contributed by atoms with Gasteiger partial charge >= 0.3 is 6.03 Å². The van der Waals surface area contributed by atoms with E-state index in [9.17, 15) is 9.59 Å². The molecule has 0 bridgehead atoms. The van der Waals surface area contributed by atoms with E-state index < -0.39 is 11.9 Å². The number of benzene rings is 2. The fourth-order valence-electron chi connectivity index (χ4n) is 3.38. The number of nitrogen functional groups attached to an aromatic ring is 1. The van der Waals surface area contributed by atoms with Gasteiger partial charge in [0.1, 0.15) is 6.61 Å². The van der Waals surface area contributed by atoms with Gasteiger partial charge in [0.05, 0.1) is 17.8 Å². The summed E-state index contributed by atoms with van der Waals surface area (Å²) in [7, 11) is 1.50. The minimum atomic E-state index is -0.675. The molecule has 0 saturated carbocycles. The van der Waals surface area contributed by atoms with Crippen molar-refractivity contribution in [2.24, 2.45) is 0 Å². The smallest absolute Gasteiger partial charge is 0.337 e. The minimum absolute atomic E-state index is 0.267. The lowest BCUT2D eigenvalue weighted by atomic mass is 10.1. The first-order valence-electron chi connectivity index (χ1n) is 12.5. The highest BCUT2D eigenvalue weighted by Crippen LogP contribution is 2.32. The third-order valence-corrected chi connectivity index (χ3v) is 5.98. The zero-order chi connectivity index (χ0) is 28.2. The molecule has 0 atom stereocenters. The number of urea groups is 1. The van der Waals surface area contributed by atoms with Crippen molar-refractivity contribution in [2.75, 3.05) is 24.8 Å². The Balaban J connectivity index is 2.04. The number of nitrogens with one attached hydrogen (secondary N) is 4. The van der Waals surface area contributed by atoms with Crippen molar-refractivity contribution in [3.05, 3.63) is 63.8 Å². The van der Waals surface area contributed by atoms with Crippen molar-refractivity contribution < 1.29 is 19.1 Å². The molecular weight excluding hydrogens is 506 g/mol. The Morgan fingerprint density at radius 1 is 1.11 bits per heavy atom. The van der Waals surface area contributed by atoms with E-state index in [1.807, 2.05) is 13.0 Å². The average molecular weight is 544 g/mol. The first-order chi connectivity index (χ1) is 18.1. The molecule has 0 aliphatic heterocycles. The van der Waals surface area contributed by atoms with E-state index in [0.29, 0.717) is 40.1 Å². The van der Waals surface area contributed by atoms with Gasteiger partial charge in [-0.05, 0) is 63.9 Å². The number of allylic oxidation sites excluding steroid dienone is 2. The van der Waals surface area contributed by atoms with Crippen molar-refractivity contribution in [3.8, 4) is 11.5 Å². The fourth-order valence-corrected chi connectivity index (χ4v) is 3.66. The number of hydrazine groups is 1. The zero-order valence-electron chi connectivity index (χ0n) is 22.8. The second-order valence-electron chi connectivity index (χ2n) is 8.84. The average Bonchev–Trinajstić information content (AvgIpc) is 2.90. The Morgan fingerprint density at radius 3 is 2.47 bits per heavy atom. The topological polar surface area (TPSA) is 127 Å². The van der Waals surface area contributed by atoms with Gasteiger partial charge in [-0.3, -0.25) is 10.2 Å². The number of hydrogen-bond donors (Lipinski definition) is 5. The SMILES string of the molecule is CC/C=C/c1c(N)ccc(NC(=O)NNC(=O)c2ccc(OC/C(NC(C)C)=C(/C)CC)c(OC)c2)c1Cl. The summed E-state index contributed by atoms with van der Waals surface area (Å²) in [6.07, 6.45) is 5.42. The van der Waals surface area contributed by atoms with Crippen LogP contribution in [0.3, 0.4) is 0 Å². The Kier molecular flexibility index (Phi) is 11.8. The van der Waals surface area contributed by atoms with E-state index >= 15 is 0 Å². The third-order valence-electron chi connectivity index (χ3n) is 5.58. The van der Waals surface area contributed by atoms with Gasteiger partial charge in [0.15, 0.2) is 11.5 Å². The second-order valence-corrected chi connectivity index (χ2v) is 9.22. The van der Waals surface area contributed by atoms with Crippen molar-refractivity contribution in [1.82, 2.24) is 16.2 Å². The molecule has 38 heavy (non-hydrogen) atoms. The Labute approximate surface area is 229 Å². The molecule has 0 spiro atoms. The molecule has 0 heterocycles. The third kappa shape index (κ3) is 8.62. The lowest BCUT2D eigenvalue weighted by molar-refractivity contribution is 0.0937. The predicted molar refractivity (Wildman–Crippen MR) is 155 cm³/mol. The van der Waals surface area contributed by atoms with Gasteiger partial charge < -0.3 is 25.8 Å². The molecule has 2 aromatic rings. The Hall–Kier alpha value is -3.85. The van der Waals surface area contributed by atoms with Crippen LogP contribution in [0.15, 0.2) is 47.7 Å². The van der Waals surface area contributed by atoms with Crippen LogP contribution in [0.1, 0.15) is 63.4 Å². The number of nitrogens with two attached hydrogens (primary N) is 1. The number of anilines is 2. The Morgan fingerprint density at radius 2 is 1.84 bits per heavy atom.